The van der Waals surface area contributed by atoms with Gasteiger partial charge in [-0.05, 0) is 17.2 Å². The second-order valence-electron chi connectivity index (χ2n) is 4.74. The molecule has 1 unspecified atom stereocenters. The number of terminal acetylenes is 1. The molecule has 0 saturated carbocycles. The fraction of sp³-hybridized carbons (Fsp3) is 0.0588. The van der Waals surface area contributed by atoms with Crippen LogP contribution in [0, 0.1) is 22.5 Å². The molecule has 1 aromatic heterocycles. The van der Waals surface area contributed by atoms with E-state index < -0.39 is 4.92 Å². The molecule has 0 aliphatic rings. The van der Waals surface area contributed by atoms with E-state index in [2.05, 4.69) is 10.9 Å². The van der Waals surface area contributed by atoms with E-state index in [1.807, 2.05) is 36.5 Å². The van der Waals surface area contributed by atoms with Crippen LogP contribution in [-0.4, -0.2) is 9.91 Å². The topological polar surface area (TPSA) is 58.9 Å². The van der Waals surface area contributed by atoms with Crippen LogP contribution in [0.4, 0.5) is 5.69 Å². The van der Waals surface area contributed by atoms with Crippen molar-refractivity contribution < 1.29 is 4.92 Å². The highest BCUT2D eigenvalue weighted by Crippen LogP contribution is 2.32. The van der Waals surface area contributed by atoms with Crippen molar-refractivity contribution in [2.24, 2.45) is 0 Å². The smallest absolute Gasteiger partial charge is 0.270 e. The molecule has 0 aliphatic carbocycles. The first-order valence-corrected chi connectivity index (χ1v) is 6.47. The number of hydrogen-bond acceptors (Lipinski definition) is 2. The quantitative estimate of drug-likeness (QED) is 0.449. The maximum atomic E-state index is 10.9. The molecule has 0 saturated heterocycles. The van der Waals surface area contributed by atoms with Gasteiger partial charge >= 0.3 is 0 Å². The van der Waals surface area contributed by atoms with Gasteiger partial charge in [0.05, 0.1) is 10.8 Å². The first-order valence-electron chi connectivity index (χ1n) is 6.47. The van der Waals surface area contributed by atoms with Crippen molar-refractivity contribution >= 4 is 16.6 Å². The van der Waals surface area contributed by atoms with Gasteiger partial charge in [0.2, 0.25) is 0 Å². The predicted molar refractivity (Wildman–Crippen MR) is 82.1 cm³/mol. The number of aromatic amines is 1. The van der Waals surface area contributed by atoms with Crippen molar-refractivity contribution in [2.75, 3.05) is 0 Å². The summed E-state index contributed by atoms with van der Waals surface area (Å²) in [7, 11) is 0. The monoisotopic (exact) mass is 276 g/mol. The fourth-order valence-electron chi connectivity index (χ4n) is 2.49. The van der Waals surface area contributed by atoms with E-state index in [9.17, 15) is 10.1 Å². The van der Waals surface area contributed by atoms with Gasteiger partial charge in [0.15, 0.2) is 0 Å². The van der Waals surface area contributed by atoms with Crippen LogP contribution in [0.5, 0.6) is 0 Å². The minimum absolute atomic E-state index is 0.0622. The average molecular weight is 276 g/mol. The molecule has 0 radical (unpaired) electrons. The van der Waals surface area contributed by atoms with E-state index >= 15 is 0 Å². The summed E-state index contributed by atoms with van der Waals surface area (Å²) in [6.07, 6.45) is 7.51. The van der Waals surface area contributed by atoms with E-state index in [0.717, 1.165) is 22.0 Å². The third-order valence-corrected chi connectivity index (χ3v) is 3.52. The van der Waals surface area contributed by atoms with Gasteiger partial charge in [0, 0.05) is 29.2 Å². The summed E-state index contributed by atoms with van der Waals surface area (Å²) in [5.41, 5.74) is 2.77. The van der Waals surface area contributed by atoms with E-state index in [4.69, 9.17) is 6.42 Å². The van der Waals surface area contributed by atoms with Gasteiger partial charge in [-0.15, -0.1) is 6.42 Å². The number of nitrogens with zero attached hydrogens (tertiary/aromatic N) is 1. The van der Waals surface area contributed by atoms with Crippen LogP contribution in [0.15, 0.2) is 54.7 Å². The van der Waals surface area contributed by atoms with Crippen molar-refractivity contribution in [3.8, 4) is 12.3 Å². The Labute approximate surface area is 121 Å². The zero-order valence-electron chi connectivity index (χ0n) is 11.1. The molecule has 4 nitrogen and oxygen atoms in total. The minimum Gasteiger partial charge on any atom is -0.361 e. The van der Waals surface area contributed by atoms with Crippen molar-refractivity contribution in [3.05, 3.63) is 76.0 Å². The Balaban J connectivity index is 2.17. The Bertz CT molecular complexity index is 844. The second kappa shape index (κ2) is 5.14. The van der Waals surface area contributed by atoms with Crippen LogP contribution in [0.25, 0.3) is 10.9 Å². The zero-order valence-corrected chi connectivity index (χ0v) is 11.1. The van der Waals surface area contributed by atoms with Gasteiger partial charge in [-0.2, -0.15) is 0 Å². The number of non-ortho nitro benzene ring substituents is 1. The summed E-state index contributed by atoms with van der Waals surface area (Å²) in [5.74, 6) is 2.54. The Kier molecular flexibility index (Phi) is 3.17. The van der Waals surface area contributed by atoms with Crippen molar-refractivity contribution in [1.29, 1.82) is 0 Å². The zero-order chi connectivity index (χ0) is 14.8. The highest BCUT2D eigenvalue weighted by molar-refractivity contribution is 5.86. The molecule has 102 valence electrons. The number of benzene rings is 2. The van der Waals surface area contributed by atoms with Crippen LogP contribution in [0.2, 0.25) is 0 Å². The van der Waals surface area contributed by atoms with Crippen LogP contribution in [0.1, 0.15) is 17.0 Å². The van der Waals surface area contributed by atoms with Crippen molar-refractivity contribution in [2.45, 2.75) is 5.92 Å². The highest BCUT2D eigenvalue weighted by atomic mass is 16.6. The minimum atomic E-state index is -0.399. The number of hydrogen-bond donors (Lipinski definition) is 1. The third kappa shape index (κ3) is 2.26. The average Bonchev–Trinajstić information content (AvgIpc) is 2.92. The highest BCUT2D eigenvalue weighted by Gasteiger charge is 2.17. The fourth-order valence-corrected chi connectivity index (χ4v) is 2.49. The number of nitro groups is 1. The van der Waals surface area contributed by atoms with Crippen molar-refractivity contribution in [3.63, 3.8) is 0 Å². The molecule has 0 fully saturated rings. The van der Waals surface area contributed by atoms with Gasteiger partial charge in [-0.3, -0.25) is 10.1 Å². The van der Waals surface area contributed by atoms with Crippen LogP contribution < -0.4 is 0 Å². The number of nitro benzene ring substituents is 1. The molecule has 4 heteroatoms. The number of nitrogens with one attached hydrogen (secondary N) is 1. The first-order chi connectivity index (χ1) is 10.2. The van der Waals surface area contributed by atoms with E-state index in [0.29, 0.717) is 0 Å². The first kappa shape index (κ1) is 12.9. The molecule has 0 spiro atoms. The van der Waals surface area contributed by atoms with Crippen molar-refractivity contribution in [1.82, 2.24) is 4.98 Å². The summed E-state index contributed by atoms with van der Waals surface area (Å²) in [6, 6.07) is 14.5. The molecule has 21 heavy (non-hydrogen) atoms. The van der Waals surface area contributed by atoms with Gasteiger partial charge in [-0.1, -0.05) is 36.3 Å². The maximum Gasteiger partial charge on any atom is 0.270 e. The lowest BCUT2D eigenvalue weighted by atomic mass is 9.92. The van der Waals surface area contributed by atoms with Crippen LogP contribution in [0.3, 0.4) is 0 Å². The summed E-state index contributed by atoms with van der Waals surface area (Å²) in [4.78, 5) is 13.7. The van der Waals surface area contributed by atoms with Gasteiger partial charge < -0.3 is 4.98 Å². The lowest BCUT2D eigenvalue weighted by Crippen LogP contribution is -1.97. The summed E-state index contributed by atoms with van der Waals surface area (Å²) >= 11 is 0. The lowest BCUT2D eigenvalue weighted by molar-refractivity contribution is -0.384. The molecule has 0 aliphatic heterocycles. The van der Waals surface area contributed by atoms with E-state index in [-0.39, 0.29) is 11.6 Å². The third-order valence-electron chi connectivity index (χ3n) is 3.52. The number of rotatable bonds is 3. The van der Waals surface area contributed by atoms with Gasteiger partial charge in [-0.25, -0.2) is 0 Å². The predicted octanol–water partition coefficient (Wildman–Crippen LogP) is 3.84. The number of H-pyrrole nitrogens is 1. The Morgan fingerprint density at radius 1 is 1.19 bits per heavy atom. The molecular weight excluding hydrogens is 264 g/mol. The lowest BCUT2D eigenvalue weighted by Gasteiger charge is -2.10. The summed E-state index contributed by atoms with van der Waals surface area (Å²) in [6.45, 7) is 0. The maximum absolute atomic E-state index is 10.9. The largest absolute Gasteiger partial charge is 0.361 e. The molecule has 0 bridgehead atoms. The summed E-state index contributed by atoms with van der Waals surface area (Å²) < 4.78 is 0. The van der Waals surface area contributed by atoms with Gasteiger partial charge in [0.1, 0.15) is 0 Å². The summed E-state index contributed by atoms with van der Waals surface area (Å²) in [5, 5.41) is 11.7. The Hall–Kier alpha value is -3.06. The second-order valence-corrected chi connectivity index (χ2v) is 4.74. The van der Waals surface area contributed by atoms with E-state index in [1.165, 1.54) is 6.07 Å². The Morgan fingerprint density at radius 2 is 1.95 bits per heavy atom. The molecule has 1 N–H and O–H groups in total. The molecule has 2 aromatic carbocycles. The molecule has 1 heterocycles. The van der Waals surface area contributed by atoms with E-state index in [1.54, 1.807) is 12.1 Å². The SMILES string of the molecule is C#CC(c1ccccc1)c1c[nH]c2ccc([N+](=O)[O-])cc12. The number of aromatic nitrogens is 1. The number of fused-ring (bicyclic) bond motifs is 1. The van der Waals surface area contributed by atoms with Crippen LogP contribution >= 0.6 is 0 Å². The molecule has 1 atom stereocenters. The standard InChI is InChI=1S/C17H12N2O2/c1-2-14(12-6-4-3-5-7-12)16-11-18-17-9-8-13(19(20)21)10-15(16)17/h1,3-11,14,18H. The molecule has 0 amide bonds. The van der Waals surface area contributed by atoms with Gasteiger partial charge in [0.25, 0.3) is 5.69 Å². The molecule has 3 rings (SSSR count). The van der Waals surface area contributed by atoms with Crippen LogP contribution in [-0.2, 0) is 0 Å². The Morgan fingerprint density at radius 3 is 2.62 bits per heavy atom. The normalized spacial score (nSPS) is 12.0. The molecular formula is C17H12N2O2. The molecule has 3 aromatic rings.